The van der Waals surface area contributed by atoms with E-state index in [-0.39, 0.29) is 12.3 Å². The highest BCUT2D eigenvalue weighted by atomic mass is 16.6. The molecule has 44 heavy (non-hydrogen) atoms. The van der Waals surface area contributed by atoms with Crippen molar-refractivity contribution in [1.29, 1.82) is 0 Å². The van der Waals surface area contributed by atoms with E-state index in [9.17, 15) is 14.4 Å². The van der Waals surface area contributed by atoms with Crippen LogP contribution in [0.2, 0.25) is 0 Å². The summed E-state index contributed by atoms with van der Waals surface area (Å²) >= 11 is 0. The van der Waals surface area contributed by atoms with E-state index in [1.54, 1.807) is 41.5 Å². The van der Waals surface area contributed by atoms with Gasteiger partial charge in [0.2, 0.25) is 5.91 Å². The van der Waals surface area contributed by atoms with Crippen molar-refractivity contribution in [2.75, 3.05) is 18.4 Å². The van der Waals surface area contributed by atoms with Gasteiger partial charge in [-0.25, -0.2) is 19.1 Å². The molecule has 2 amide bonds. The standard InChI is InChI=1S/C33H46N6O5/c1-32(2,3)43-30(41)38-27(19-22-20-39(21-36-22)31(42)44-33(4,5)6)29(40)35-18-12-11-17-34-28-23-13-7-9-15-25(23)37-26-16-10-8-14-24(26)28/h7,9,13,15,20-21,27H,8,10-12,14,16-19H2,1-6H3,(H,34,37)(H,35,40)(H,38,41)/t27-/m0/s1. The van der Waals surface area contributed by atoms with Gasteiger partial charge in [-0.3, -0.25) is 9.78 Å². The van der Waals surface area contributed by atoms with Crippen molar-refractivity contribution in [2.45, 2.75) is 104 Å². The van der Waals surface area contributed by atoms with Crippen LogP contribution in [-0.2, 0) is 33.5 Å². The minimum atomic E-state index is -0.945. The number of carbonyl (C=O) groups excluding carboxylic acids is 3. The van der Waals surface area contributed by atoms with Gasteiger partial charge in [0.1, 0.15) is 23.6 Å². The van der Waals surface area contributed by atoms with Crippen LogP contribution in [0.25, 0.3) is 10.9 Å². The molecule has 2 aromatic heterocycles. The number of pyridine rings is 1. The molecular formula is C33H46N6O5. The summed E-state index contributed by atoms with van der Waals surface area (Å²) in [5, 5.41) is 10.4. The number of imidazole rings is 1. The van der Waals surface area contributed by atoms with Crippen LogP contribution >= 0.6 is 0 Å². The molecule has 3 N–H and O–H groups in total. The molecule has 3 aromatic rings. The van der Waals surface area contributed by atoms with E-state index in [0.717, 1.165) is 43.1 Å². The van der Waals surface area contributed by atoms with Gasteiger partial charge in [0.15, 0.2) is 0 Å². The lowest BCUT2D eigenvalue weighted by Gasteiger charge is -2.23. The normalized spacial score (nSPS) is 14.0. The van der Waals surface area contributed by atoms with Crippen LogP contribution < -0.4 is 16.0 Å². The van der Waals surface area contributed by atoms with Crippen molar-refractivity contribution in [3.05, 3.63) is 53.7 Å². The maximum absolute atomic E-state index is 13.2. The Labute approximate surface area is 259 Å². The van der Waals surface area contributed by atoms with Gasteiger partial charge in [-0.1, -0.05) is 18.2 Å². The number of fused-ring (bicyclic) bond motifs is 2. The minimum absolute atomic E-state index is 0.0721. The molecule has 1 aliphatic rings. The Morgan fingerprint density at radius 1 is 0.955 bits per heavy atom. The van der Waals surface area contributed by atoms with Crippen LogP contribution in [-0.4, -0.2) is 63.0 Å². The molecule has 0 saturated heterocycles. The summed E-state index contributed by atoms with van der Waals surface area (Å²) in [7, 11) is 0. The molecule has 238 valence electrons. The van der Waals surface area contributed by atoms with Crippen LogP contribution in [0, 0.1) is 0 Å². The molecule has 11 nitrogen and oxygen atoms in total. The molecule has 11 heteroatoms. The molecule has 0 saturated carbocycles. The number of rotatable bonds is 10. The summed E-state index contributed by atoms with van der Waals surface area (Å²) < 4.78 is 12.0. The van der Waals surface area contributed by atoms with Gasteiger partial charge in [0, 0.05) is 42.5 Å². The number of hydrogen-bond donors (Lipinski definition) is 3. The second-order valence-corrected chi connectivity index (χ2v) is 13.2. The largest absolute Gasteiger partial charge is 0.444 e. The Bertz CT molecular complexity index is 1470. The van der Waals surface area contributed by atoms with Crippen LogP contribution in [0.5, 0.6) is 0 Å². The number of unbranched alkanes of at least 4 members (excludes halogenated alkanes) is 1. The first kappa shape index (κ1) is 32.8. The molecule has 0 unspecified atom stereocenters. The lowest BCUT2D eigenvalue weighted by atomic mass is 9.92. The number of alkyl carbamates (subject to hydrolysis) is 1. The van der Waals surface area contributed by atoms with Crippen LogP contribution in [0.3, 0.4) is 0 Å². The number of nitrogens with one attached hydrogen (secondary N) is 3. The molecule has 2 heterocycles. The van der Waals surface area contributed by atoms with Gasteiger partial charge in [0.05, 0.1) is 11.2 Å². The number of para-hydroxylation sites is 1. The summed E-state index contributed by atoms with van der Waals surface area (Å²) in [6, 6.07) is 7.31. The fourth-order valence-corrected chi connectivity index (χ4v) is 5.12. The van der Waals surface area contributed by atoms with Gasteiger partial charge in [-0.15, -0.1) is 0 Å². The highest BCUT2D eigenvalue weighted by molar-refractivity contribution is 5.93. The number of nitrogens with zero attached hydrogens (tertiary/aromatic N) is 3. The van der Waals surface area contributed by atoms with E-state index < -0.39 is 29.4 Å². The van der Waals surface area contributed by atoms with E-state index in [2.05, 4.69) is 33.1 Å². The Morgan fingerprint density at radius 3 is 2.41 bits per heavy atom. The Balaban J connectivity index is 1.33. The van der Waals surface area contributed by atoms with Crippen molar-refractivity contribution in [3.8, 4) is 0 Å². The first-order valence-electron chi connectivity index (χ1n) is 15.5. The van der Waals surface area contributed by atoms with Gasteiger partial charge in [0.25, 0.3) is 0 Å². The van der Waals surface area contributed by atoms with Crippen molar-refractivity contribution in [2.24, 2.45) is 0 Å². The zero-order chi connectivity index (χ0) is 31.9. The third-order valence-electron chi connectivity index (χ3n) is 7.03. The summed E-state index contributed by atoms with van der Waals surface area (Å²) in [4.78, 5) is 47.3. The molecule has 0 fully saturated rings. The van der Waals surface area contributed by atoms with E-state index in [1.807, 2.05) is 12.1 Å². The fraction of sp³-hybridized carbons (Fsp3) is 0.545. The molecular weight excluding hydrogens is 560 g/mol. The number of ether oxygens (including phenoxy) is 2. The average Bonchev–Trinajstić information content (AvgIpc) is 3.41. The SMILES string of the molecule is CC(C)(C)OC(=O)N[C@@H](Cc1cn(C(=O)OC(C)(C)C)cn1)C(=O)NCCCCNc1c2c(nc3ccccc13)CCCC2. The Kier molecular flexibility index (Phi) is 10.5. The van der Waals surface area contributed by atoms with Crippen molar-refractivity contribution in [1.82, 2.24) is 25.2 Å². The lowest BCUT2D eigenvalue weighted by Crippen LogP contribution is -2.49. The maximum Gasteiger partial charge on any atom is 0.419 e. The van der Waals surface area contributed by atoms with Crippen LogP contribution in [0.1, 0.15) is 84.2 Å². The van der Waals surface area contributed by atoms with E-state index in [0.29, 0.717) is 12.2 Å². The predicted molar refractivity (Wildman–Crippen MR) is 170 cm³/mol. The lowest BCUT2D eigenvalue weighted by molar-refractivity contribution is -0.123. The average molecular weight is 607 g/mol. The predicted octanol–water partition coefficient (Wildman–Crippen LogP) is 5.54. The third kappa shape index (κ3) is 9.42. The molecule has 0 bridgehead atoms. The van der Waals surface area contributed by atoms with Crippen LogP contribution in [0.4, 0.5) is 15.3 Å². The highest BCUT2D eigenvalue weighted by Gasteiger charge is 2.26. The smallest absolute Gasteiger partial charge is 0.419 e. The summed E-state index contributed by atoms with van der Waals surface area (Å²) in [5.41, 5.74) is 3.78. The van der Waals surface area contributed by atoms with Gasteiger partial charge >= 0.3 is 12.2 Å². The second-order valence-electron chi connectivity index (χ2n) is 13.2. The number of hydrogen-bond acceptors (Lipinski definition) is 8. The quantitative estimate of drug-likeness (QED) is 0.256. The molecule has 1 aliphatic carbocycles. The van der Waals surface area contributed by atoms with Crippen molar-refractivity contribution in [3.63, 3.8) is 0 Å². The first-order valence-corrected chi connectivity index (χ1v) is 15.5. The summed E-state index contributed by atoms with van der Waals surface area (Å²) in [5.74, 6) is -0.357. The number of amides is 2. The Hall–Kier alpha value is -4.15. The van der Waals surface area contributed by atoms with Crippen LogP contribution in [0.15, 0.2) is 36.8 Å². The molecule has 1 aromatic carbocycles. The maximum atomic E-state index is 13.2. The monoisotopic (exact) mass is 606 g/mol. The number of benzene rings is 1. The van der Waals surface area contributed by atoms with E-state index in [4.69, 9.17) is 14.5 Å². The molecule has 0 aliphatic heterocycles. The fourth-order valence-electron chi connectivity index (χ4n) is 5.12. The van der Waals surface area contributed by atoms with Gasteiger partial charge < -0.3 is 25.4 Å². The topological polar surface area (TPSA) is 136 Å². The van der Waals surface area contributed by atoms with Crippen molar-refractivity contribution < 1.29 is 23.9 Å². The zero-order valence-electron chi connectivity index (χ0n) is 26.8. The molecule has 1 atom stereocenters. The summed E-state index contributed by atoms with van der Waals surface area (Å²) in [6.07, 6.45) is 7.61. The molecule has 0 spiro atoms. The highest BCUT2D eigenvalue weighted by Crippen LogP contribution is 2.33. The molecule has 0 radical (unpaired) electrons. The Morgan fingerprint density at radius 2 is 1.66 bits per heavy atom. The van der Waals surface area contributed by atoms with E-state index >= 15 is 0 Å². The van der Waals surface area contributed by atoms with Gasteiger partial charge in [-0.2, -0.15) is 0 Å². The van der Waals surface area contributed by atoms with E-state index in [1.165, 1.54) is 46.9 Å². The van der Waals surface area contributed by atoms with Crippen molar-refractivity contribution >= 4 is 34.7 Å². The first-order chi connectivity index (χ1) is 20.8. The number of carbonyl (C=O) groups is 3. The summed E-state index contributed by atoms with van der Waals surface area (Å²) in [6.45, 7) is 11.8. The minimum Gasteiger partial charge on any atom is -0.444 e. The zero-order valence-corrected chi connectivity index (χ0v) is 26.8. The van der Waals surface area contributed by atoms with Gasteiger partial charge in [-0.05, 0) is 91.7 Å². The molecule has 4 rings (SSSR count). The number of anilines is 1. The second kappa shape index (κ2) is 14.1. The number of aryl methyl sites for hydroxylation is 1. The number of aromatic nitrogens is 3. The third-order valence-corrected chi connectivity index (χ3v) is 7.03.